The Morgan fingerprint density at radius 2 is 2.13 bits per heavy atom. The van der Waals surface area contributed by atoms with Gasteiger partial charge < -0.3 is 14.8 Å². The van der Waals surface area contributed by atoms with Crippen LogP contribution in [0.5, 0.6) is 5.88 Å². The van der Waals surface area contributed by atoms with Crippen molar-refractivity contribution in [2.24, 2.45) is 13.0 Å². The number of esters is 1. The summed E-state index contributed by atoms with van der Waals surface area (Å²) in [5.41, 5.74) is 2.90. The molecule has 0 radical (unpaired) electrons. The maximum atomic E-state index is 12.1. The Morgan fingerprint density at radius 1 is 1.32 bits per heavy atom. The van der Waals surface area contributed by atoms with Gasteiger partial charge in [-0.3, -0.25) is 20.0 Å². The summed E-state index contributed by atoms with van der Waals surface area (Å²) in [5, 5.41) is 19.4. The van der Waals surface area contributed by atoms with Gasteiger partial charge in [-0.2, -0.15) is 5.10 Å². The fraction of sp³-hybridized carbons (Fsp3) is 0.444. The van der Waals surface area contributed by atoms with E-state index in [4.69, 9.17) is 9.47 Å². The standard InChI is InChI=1S/C27H32N6O5/c1-18-12-20(26(34)37-3)13-23(29-18)21-15-28-31(2)25(21)38-11-10-32-16-19-8-9-27(14-19,17-32)30-22-6-4-5-7-24(22)33(35)36/h4-7,12-13,15,19,30H,8-11,14,16-17H2,1-3H3. The van der Waals surface area contributed by atoms with E-state index < -0.39 is 5.97 Å². The number of hydrogen-bond donors (Lipinski definition) is 1. The average Bonchev–Trinajstić information content (AvgIpc) is 3.41. The number of fused-ring (bicyclic) bond motifs is 2. The summed E-state index contributed by atoms with van der Waals surface area (Å²) in [6.07, 6.45) is 4.77. The second-order valence-corrected chi connectivity index (χ2v) is 10.2. The molecule has 0 spiro atoms. The Labute approximate surface area is 220 Å². The quantitative estimate of drug-likeness (QED) is 0.255. The highest BCUT2D eigenvalue weighted by molar-refractivity contribution is 5.90. The maximum absolute atomic E-state index is 12.1. The first-order valence-electron chi connectivity index (χ1n) is 12.7. The summed E-state index contributed by atoms with van der Waals surface area (Å²) < 4.78 is 12.8. The zero-order valence-electron chi connectivity index (χ0n) is 21.8. The molecule has 38 heavy (non-hydrogen) atoms. The number of carbonyl (C=O) groups is 1. The number of rotatable bonds is 9. The lowest BCUT2D eigenvalue weighted by Crippen LogP contribution is -2.52. The van der Waals surface area contributed by atoms with Crippen LogP contribution in [0.4, 0.5) is 11.4 Å². The number of benzene rings is 1. The van der Waals surface area contributed by atoms with Crippen molar-refractivity contribution in [2.75, 3.05) is 38.7 Å². The minimum atomic E-state index is -0.425. The minimum absolute atomic E-state index is 0.106. The number of nitrogens with one attached hydrogen (secondary N) is 1. The molecule has 11 nitrogen and oxygen atoms in total. The van der Waals surface area contributed by atoms with Crippen LogP contribution in [0.2, 0.25) is 0 Å². The SMILES string of the molecule is COC(=O)c1cc(C)nc(-c2cnn(C)c2OCCN2CC3CCC(Nc4ccccc4[N+](=O)[O-])(C3)C2)c1. The number of aromatic nitrogens is 3. The predicted molar refractivity (Wildman–Crippen MR) is 141 cm³/mol. The third kappa shape index (κ3) is 5.19. The molecule has 2 fully saturated rings. The number of nitro benzene ring substituents is 1. The van der Waals surface area contributed by atoms with Gasteiger partial charge in [0.15, 0.2) is 0 Å². The second-order valence-electron chi connectivity index (χ2n) is 10.2. The van der Waals surface area contributed by atoms with Crippen molar-refractivity contribution in [3.63, 3.8) is 0 Å². The molecule has 3 aromatic rings. The van der Waals surface area contributed by atoms with Crippen LogP contribution in [-0.4, -0.2) is 69.4 Å². The van der Waals surface area contributed by atoms with Crippen LogP contribution in [0.25, 0.3) is 11.3 Å². The smallest absolute Gasteiger partial charge is 0.337 e. The van der Waals surface area contributed by atoms with Gasteiger partial charge in [0, 0.05) is 38.4 Å². The third-order valence-electron chi connectivity index (χ3n) is 7.43. The lowest BCUT2D eigenvalue weighted by Gasteiger charge is -2.41. The molecule has 1 aliphatic carbocycles. The molecule has 1 saturated heterocycles. The Morgan fingerprint density at radius 3 is 2.92 bits per heavy atom. The minimum Gasteiger partial charge on any atom is -0.476 e. The molecule has 1 aliphatic heterocycles. The van der Waals surface area contributed by atoms with Crippen molar-refractivity contribution in [1.82, 2.24) is 19.7 Å². The van der Waals surface area contributed by atoms with E-state index in [0.717, 1.165) is 32.4 Å². The molecule has 0 amide bonds. The summed E-state index contributed by atoms with van der Waals surface area (Å²) in [6, 6.07) is 10.2. The zero-order valence-corrected chi connectivity index (χ0v) is 21.8. The number of aryl methyl sites for hydroxylation is 2. The van der Waals surface area contributed by atoms with Gasteiger partial charge in [-0.05, 0) is 50.3 Å². The number of para-hydroxylation sites is 2. The lowest BCUT2D eigenvalue weighted by atomic mass is 9.90. The first kappa shape index (κ1) is 25.7. The highest BCUT2D eigenvalue weighted by Gasteiger charge is 2.45. The van der Waals surface area contributed by atoms with E-state index in [1.807, 2.05) is 20.0 Å². The van der Waals surface area contributed by atoms with Crippen LogP contribution < -0.4 is 10.1 Å². The molecule has 11 heteroatoms. The van der Waals surface area contributed by atoms with E-state index in [-0.39, 0.29) is 16.1 Å². The first-order valence-corrected chi connectivity index (χ1v) is 12.7. The first-order chi connectivity index (χ1) is 18.3. The maximum Gasteiger partial charge on any atom is 0.337 e. The van der Waals surface area contributed by atoms with Crippen LogP contribution in [0, 0.1) is 23.0 Å². The highest BCUT2D eigenvalue weighted by Crippen LogP contribution is 2.43. The molecule has 2 bridgehead atoms. The van der Waals surface area contributed by atoms with Crippen molar-refractivity contribution >= 4 is 17.3 Å². The molecule has 1 N–H and O–H groups in total. The summed E-state index contributed by atoms with van der Waals surface area (Å²) in [7, 11) is 3.16. The number of pyridine rings is 1. The third-order valence-corrected chi connectivity index (χ3v) is 7.43. The molecule has 1 saturated carbocycles. The van der Waals surface area contributed by atoms with Crippen molar-refractivity contribution in [2.45, 2.75) is 31.7 Å². The van der Waals surface area contributed by atoms with Crippen molar-refractivity contribution in [3.05, 3.63) is 64.0 Å². The Hall–Kier alpha value is -3.99. The zero-order chi connectivity index (χ0) is 26.9. The number of nitrogens with zero attached hydrogens (tertiary/aromatic N) is 5. The Bertz CT molecular complexity index is 1360. The number of piperidine rings is 1. The van der Waals surface area contributed by atoms with Crippen molar-refractivity contribution in [3.8, 4) is 17.1 Å². The molecule has 5 rings (SSSR count). The Balaban J connectivity index is 1.27. The topological polar surface area (TPSA) is 125 Å². The lowest BCUT2D eigenvalue weighted by molar-refractivity contribution is -0.384. The van der Waals surface area contributed by atoms with E-state index in [2.05, 4.69) is 20.3 Å². The molecule has 2 aromatic heterocycles. The Kier molecular flexibility index (Phi) is 7.02. The number of likely N-dealkylation sites (tertiary alicyclic amines) is 1. The molecule has 2 unspecified atom stereocenters. The van der Waals surface area contributed by atoms with Crippen LogP contribution in [0.1, 0.15) is 35.3 Å². The van der Waals surface area contributed by atoms with Crippen molar-refractivity contribution < 1.29 is 19.2 Å². The second kappa shape index (κ2) is 10.4. The van der Waals surface area contributed by atoms with Gasteiger partial charge in [0.25, 0.3) is 5.69 Å². The number of carbonyl (C=O) groups excluding carboxylic acids is 1. The normalized spacial score (nSPS) is 20.8. The van der Waals surface area contributed by atoms with Gasteiger partial charge in [-0.15, -0.1) is 0 Å². The summed E-state index contributed by atoms with van der Waals surface area (Å²) >= 11 is 0. The van der Waals surface area contributed by atoms with Gasteiger partial charge in [-0.25, -0.2) is 9.48 Å². The van der Waals surface area contributed by atoms with Gasteiger partial charge in [0.1, 0.15) is 12.3 Å². The number of nitro groups is 1. The van der Waals surface area contributed by atoms with Crippen LogP contribution >= 0.6 is 0 Å². The molecule has 200 valence electrons. The summed E-state index contributed by atoms with van der Waals surface area (Å²) in [6.45, 7) is 4.74. The van der Waals surface area contributed by atoms with E-state index in [0.29, 0.717) is 53.2 Å². The van der Waals surface area contributed by atoms with Crippen LogP contribution in [0.3, 0.4) is 0 Å². The van der Waals surface area contributed by atoms with Gasteiger partial charge >= 0.3 is 5.97 Å². The highest BCUT2D eigenvalue weighted by atomic mass is 16.6. The fourth-order valence-corrected chi connectivity index (χ4v) is 5.83. The summed E-state index contributed by atoms with van der Waals surface area (Å²) in [5.74, 6) is 0.692. The molecule has 2 atom stereocenters. The van der Waals surface area contributed by atoms with Crippen molar-refractivity contribution in [1.29, 1.82) is 0 Å². The van der Waals surface area contributed by atoms with Gasteiger partial charge in [-0.1, -0.05) is 12.1 Å². The molecule has 2 aliphatic rings. The predicted octanol–water partition coefficient (Wildman–Crippen LogP) is 3.83. The van der Waals surface area contributed by atoms with Crippen LogP contribution in [-0.2, 0) is 11.8 Å². The number of ether oxygens (including phenoxy) is 2. The average molecular weight is 521 g/mol. The fourth-order valence-electron chi connectivity index (χ4n) is 5.83. The van der Waals surface area contributed by atoms with E-state index in [1.54, 1.807) is 41.2 Å². The van der Waals surface area contributed by atoms with Gasteiger partial charge in [0.2, 0.25) is 5.88 Å². The van der Waals surface area contributed by atoms with E-state index >= 15 is 0 Å². The van der Waals surface area contributed by atoms with E-state index in [1.165, 1.54) is 7.11 Å². The number of methoxy groups -OCH3 is 1. The molecular weight excluding hydrogens is 488 g/mol. The van der Waals surface area contributed by atoms with Gasteiger partial charge in [0.05, 0.1) is 40.6 Å². The van der Waals surface area contributed by atoms with Crippen LogP contribution in [0.15, 0.2) is 42.6 Å². The molecule has 1 aromatic carbocycles. The number of anilines is 1. The number of hydrogen-bond acceptors (Lipinski definition) is 9. The molecule has 3 heterocycles. The monoisotopic (exact) mass is 520 g/mol. The van der Waals surface area contributed by atoms with E-state index in [9.17, 15) is 14.9 Å². The summed E-state index contributed by atoms with van der Waals surface area (Å²) in [4.78, 5) is 30.2. The molecular formula is C27H32N6O5. The largest absolute Gasteiger partial charge is 0.476 e.